The largest absolute Gasteiger partial charge is 0.449 e. The van der Waals surface area contributed by atoms with E-state index in [0.717, 1.165) is 10.0 Å². The molecule has 0 spiro atoms. The van der Waals surface area contributed by atoms with Gasteiger partial charge in [0.2, 0.25) is 0 Å². The molecule has 1 amide bonds. The summed E-state index contributed by atoms with van der Waals surface area (Å²) in [5.74, 6) is 0. The highest BCUT2D eigenvalue weighted by molar-refractivity contribution is 9.10. The van der Waals surface area contributed by atoms with Gasteiger partial charge in [-0.25, -0.2) is 4.79 Å². The molecular weight excluding hydrogens is 305 g/mol. The van der Waals surface area contributed by atoms with Crippen LogP contribution < -0.4 is 5.32 Å². The van der Waals surface area contributed by atoms with Gasteiger partial charge in [-0.2, -0.15) is 0 Å². The second-order valence-corrected chi connectivity index (χ2v) is 6.08. The third-order valence-corrected chi connectivity index (χ3v) is 4.11. The number of amides is 1. The summed E-state index contributed by atoms with van der Waals surface area (Å²) in [5, 5.41) is 3.50. The lowest BCUT2D eigenvalue weighted by atomic mass is 9.80. The fraction of sp³-hybridized carbons (Fsp3) is 0.417. The minimum Gasteiger partial charge on any atom is -0.449 e. The molecule has 1 aliphatic heterocycles. The second-order valence-electron chi connectivity index (χ2n) is 4.82. The van der Waals surface area contributed by atoms with Gasteiger partial charge in [0, 0.05) is 9.89 Å². The van der Waals surface area contributed by atoms with Crippen molar-refractivity contribution in [2.75, 3.05) is 6.61 Å². The average Bonchev–Trinajstić information content (AvgIpc) is 2.26. The molecule has 1 fully saturated rings. The number of nitrogens with one attached hydrogen (secondary N) is 1. The summed E-state index contributed by atoms with van der Waals surface area (Å²) in [4.78, 5) is 11.3. The lowest BCUT2D eigenvalue weighted by Crippen LogP contribution is -2.46. The number of hydrogen-bond donors (Lipinski definition) is 1. The first-order valence-corrected chi connectivity index (χ1v) is 6.45. The van der Waals surface area contributed by atoms with E-state index in [2.05, 4.69) is 35.1 Å². The Morgan fingerprint density at radius 1 is 1.53 bits per heavy atom. The Bertz CT molecular complexity index is 462. The van der Waals surface area contributed by atoms with E-state index >= 15 is 0 Å². The van der Waals surface area contributed by atoms with E-state index in [1.165, 1.54) is 0 Å². The zero-order valence-corrected chi connectivity index (χ0v) is 11.9. The molecule has 3 nitrogen and oxygen atoms in total. The fourth-order valence-corrected chi connectivity index (χ4v) is 2.43. The van der Waals surface area contributed by atoms with E-state index in [1.54, 1.807) is 0 Å². The monoisotopic (exact) mass is 317 g/mol. The van der Waals surface area contributed by atoms with Gasteiger partial charge in [0.1, 0.15) is 6.61 Å². The third-order valence-electron chi connectivity index (χ3n) is 2.90. The number of benzene rings is 1. The molecule has 0 aromatic heterocycles. The molecule has 1 saturated heterocycles. The molecule has 1 atom stereocenters. The summed E-state index contributed by atoms with van der Waals surface area (Å²) in [7, 11) is 0. The Balaban J connectivity index is 2.36. The minimum atomic E-state index is -0.375. The Morgan fingerprint density at radius 2 is 2.24 bits per heavy atom. The van der Waals surface area contributed by atoms with Crippen molar-refractivity contribution in [3.63, 3.8) is 0 Å². The van der Waals surface area contributed by atoms with E-state index in [1.807, 2.05) is 18.2 Å². The topological polar surface area (TPSA) is 38.3 Å². The molecule has 1 heterocycles. The van der Waals surface area contributed by atoms with Crippen molar-refractivity contribution in [2.24, 2.45) is 5.41 Å². The Hall–Kier alpha value is -0.740. The third kappa shape index (κ3) is 2.58. The molecule has 0 aliphatic carbocycles. The maximum Gasteiger partial charge on any atom is 0.407 e. The van der Waals surface area contributed by atoms with Crippen molar-refractivity contribution < 1.29 is 9.53 Å². The van der Waals surface area contributed by atoms with Gasteiger partial charge in [0.25, 0.3) is 0 Å². The number of rotatable bonds is 1. The summed E-state index contributed by atoms with van der Waals surface area (Å²) >= 11 is 9.35. The molecule has 2 rings (SSSR count). The lowest BCUT2D eigenvalue weighted by Gasteiger charge is -2.38. The minimum absolute atomic E-state index is 0.0719. The number of cyclic esters (lactones) is 1. The lowest BCUT2D eigenvalue weighted by molar-refractivity contribution is 0.0387. The smallest absolute Gasteiger partial charge is 0.407 e. The van der Waals surface area contributed by atoms with Gasteiger partial charge in [0.15, 0.2) is 0 Å². The number of halogens is 2. The summed E-state index contributed by atoms with van der Waals surface area (Å²) in [6.45, 7) is 4.52. The van der Waals surface area contributed by atoms with Crippen molar-refractivity contribution in [1.82, 2.24) is 5.32 Å². The standard InChI is InChI=1S/C12H13BrClNO2/c1-12(2)6-17-11(16)15-10(12)7-3-4-9(14)8(13)5-7/h3-5,10H,6H2,1-2H3,(H,15,16)/t10-/m1/s1. The van der Waals surface area contributed by atoms with Crippen LogP contribution in [0.2, 0.25) is 5.02 Å². The maximum atomic E-state index is 11.3. The molecule has 0 unspecified atom stereocenters. The van der Waals surface area contributed by atoms with Gasteiger partial charge >= 0.3 is 6.09 Å². The highest BCUT2D eigenvalue weighted by Gasteiger charge is 2.37. The number of carbonyl (C=O) groups excluding carboxylic acids is 1. The van der Waals surface area contributed by atoms with Gasteiger partial charge in [-0.1, -0.05) is 31.5 Å². The molecule has 1 aromatic rings. The van der Waals surface area contributed by atoms with Crippen LogP contribution in [0, 0.1) is 5.41 Å². The Kier molecular flexibility index (Phi) is 3.36. The second kappa shape index (κ2) is 4.50. The van der Waals surface area contributed by atoms with E-state index < -0.39 is 0 Å². The van der Waals surface area contributed by atoms with Crippen LogP contribution in [0.25, 0.3) is 0 Å². The molecule has 5 heteroatoms. The molecule has 0 bridgehead atoms. The molecule has 0 saturated carbocycles. The van der Waals surface area contributed by atoms with Crippen molar-refractivity contribution >= 4 is 33.6 Å². The van der Waals surface area contributed by atoms with Crippen molar-refractivity contribution in [3.8, 4) is 0 Å². The quantitative estimate of drug-likeness (QED) is 0.852. The van der Waals surface area contributed by atoms with Crippen LogP contribution in [-0.4, -0.2) is 12.7 Å². The first-order valence-electron chi connectivity index (χ1n) is 5.28. The van der Waals surface area contributed by atoms with E-state index in [-0.39, 0.29) is 17.6 Å². The molecule has 17 heavy (non-hydrogen) atoms. The predicted octanol–water partition coefficient (Wildman–Crippen LogP) is 3.91. The van der Waals surface area contributed by atoms with E-state index in [0.29, 0.717) is 11.6 Å². The van der Waals surface area contributed by atoms with E-state index in [9.17, 15) is 4.79 Å². The number of alkyl carbamates (subject to hydrolysis) is 1. The number of ether oxygens (including phenoxy) is 1. The summed E-state index contributed by atoms with van der Waals surface area (Å²) < 4.78 is 5.84. The zero-order chi connectivity index (χ0) is 12.6. The molecule has 92 valence electrons. The molecular formula is C12H13BrClNO2. The van der Waals surface area contributed by atoms with Crippen LogP contribution in [0.5, 0.6) is 0 Å². The normalized spacial score (nSPS) is 22.8. The van der Waals surface area contributed by atoms with E-state index in [4.69, 9.17) is 16.3 Å². The van der Waals surface area contributed by atoms with Gasteiger partial charge < -0.3 is 10.1 Å². The first kappa shape index (κ1) is 12.7. The van der Waals surface area contributed by atoms with Crippen LogP contribution in [0.3, 0.4) is 0 Å². The van der Waals surface area contributed by atoms with Crippen LogP contribution in [0.4, 0.5) is 4.79 Å². The van der Waals surface area contributed by atoms with Crippen LogP contribution in [0.1, 0.15) is 25.5 Å². The first-order chi connectivity index (χ1) is 7.90. The molecule has 1 aromatic carbocycles. The number of hydrogen-bond acceptors (Lipinski definition) is 2. The van der Waals surface area contributed by atoms with Crippen molar-refractivity contribution in [3.05, 3.63) is 33.3 Å². The molecule has 1 aliphatic rings. The van der Waals surface area contributed by atoms with Crippen molar-refractivity contribution in [1.29, 1.82) is 0 Å². The molecule has 0 radical (unpaired) electrons. The highest BCUT2D eigenvalue weighted by atomic mass is 79.9. The molecule has 1 N–H and O–H groups in total. The van der Waals surface area contributed by atoms with Gasteiger partial charge in [0.05, 0.1) is 11.1 Å². The van der Waals surface area contributed by atoms with Crippen LogP contribution in [-0.2, 0) is 4.74 Å². The van der Waals surface area contributed by atoms with Gasteiger partial charge in [-0.3, -0.25) is 0 Å². The van der Waals surface area contributed by atoms with Crippen LogP contribution in [0.15, 0.2) is 22.7 Å². The SMILES string of the molecule is CC1(C)COC(=O)N[C@@H]1c1ccc(Cl)c(Br)c1. The van der Waals surface area contributed by atoms with Gasteiger partial charge in [-0.15, -0.1) is 0 Å². The maximum absolute atomic E-state index is 11.3. The van der Waals surface area contributed by atoms with Crippen molar-refractivity contribution in [2.45, 2.75) is 19.9 Å². The Labute approximate surface area is 114 Å². The summed E-state index contributed by atoms with van der Waals surface area (Å²) in [5.41, 5.74) is 0.865. The highest BCUT2D eigenvalue weighted by Crippen LogP contribution is 2.38. The van der Waals surface area contributed by atoms with Crippen LogP contribution >= 0.6 is 27.5 Å². The summed E-state index contributed by atoms with van der Waals surface area (Å²) in [6.07, 6.45) is -0.375. The summed E-state index contributed by atoms with van der Waals surface area (Å²) in [6, 6.07) is 5.60. The number of carbonyl (C=O) groups is 1. The Morgan fingerprint density at radius 3 is 2.88 bits per heavy atom. The predicted molar refractivity (Wildman–Crippen MR) is 70.2 cm³/mol. The van der Waals surface area contributed by atoms with Gasteiger partial charge in [-0.05, 0) is 33.6 Å². The zero-order valence-electron chi connectivity index (χ0n) is 9.59. The fourth-order valence-electron chi connectivity index (χ4n) is 1.92. The average molecular weight is 319 g/mol.